The van der Waals surface area contributed by atoms with Crippen molar-refractivity contribution in [3.05, 3.63) is 83.3 Å². The lowest BCUT2D eigenvalue weighted by Crippen LogP contribution is -2.09. The zero-order valence-electron chi connectivity index (χ0n) is 13.9. The molecule has 4 rings (SSSR count). The van der Waals surface area contributed by atoms with Crippen molar-refractivity contribution in [3.8, 4) is 5.82 Å². The van der Waals surface area contributed by atoms with Gasteiger partial charge in [0.2, 0.25) is 0 Å². The van der Waals surface area contributed by atoms with Gasteiger partial charge in [-0.05, 0) is 37.3 Å². The molecule has 0 amide bonds. The summed E-state index contributed by atoms with van der Waals surface area (Å²) >= 11 is 0. The SMILES string of the molecule is Cc1nccn1-c1cnc2ccc(C(=O)c3c(F)ccc(F)c3F)cc2n1. The number of aryl methyl sites for hydroxylation is 1. The normalized spacial score (nSPS) is 11.1. The molecule has 4 aromatic rings. The first kappa shape index (κ1) is 16.9. The van der Waals surface area contributed by atoms with Crippen molar-refractivity contribution >= 4 is 16.8 Å². The Kier molecular flexibility index (Phi) is 3.95. The lowest BCUT2D eigenvalue weighted by atomic mass is 10.0. The molecule has 0 saturated carbocycles. The Morgan fingerprint density at radius 3 is 2.52 bits per heavy atom. The minimum Gasteiger partial charge on any atom is -0.288 e. The fraction of sp³-hybridized carbons (Fsp3) is 0.0526. The van der Waals surface area contributed by atoms with Crippen LogP contribution in [0.2, 0.25) is 0 Å². The number of carbonyl (C=O) groups excluding carboxylic acids is 1. The molecular formula is C19H11F3N4O. The van der Waals surface area contributed by atoms with Gasteiger partial charge in [-0.25, -0.2) is 23.1 Å². The van der Waals surface area contributed by atoms with Crippen LogP contribution in [0.4, 0.5) is 13.2 Å². The zero-order valence-corrected chi connectivity index (χ0v) is 13.9. The molecule has 2 aromatic heterocycles. The fourth-order valence-electron chi connectivity index (χ4n) is 2.76. The van der Waals surface area contributed by atoms with Crippen molar-refractivity contribution in [1.82, 2.24) is 19.5 Å². The van der Waals surface area contributed by atoms with Crippen molar-refractivity contribution in [2.75, 3.05) is 0 Å². The van der Waals surface area contributed by atoms with E-state index in [9.17, 15) is 18.0 Å². The summed E-state index contributed by atoms with van der Waals surface area (Å²) in [7, 11) is 0. The average molecular weight is 368 g/mol. The average Bonchev–Trinajstić information content (AvgIpc) is 3.10. The van der Waals surface area contributed by atoms with Gasteiger partial charge >= 0.3 is 0 Å². The molecule has 2 heterocycles. The maximum absolute atomic E-state index is 13.9. The first-order valence-corrected chi connectivity index (χ1v) is 7.91. The topological polar surface area (TPSA) is 60.7 Å². The van der Waals surface area contributed by atoms with Crippen LogP contribution >= 0.6 is 0 Å². The van der Waals surface area contributed by atoms with Gasteiger partial charge in [0, 0.05) is 18.0 Å². The van der Waals surface area contributed by atoms with E-state index in [0.29, 0.717) is 34.8 Å². The summed E-state index contributed by atoms with van der Waals surface area (Å²) in [4.78, 5) is 25.3. The third-order valence-electron chi connectivity index (χ3n) is 4.14. The summed E-state index contributed by atoms with van der Waals surface area (Å²) in [6, 6.07) is 5.59. The molecule has 0 atom stereocenters. The lowest BCUT2D eigenvalue weighted by Gasteiger charge is -2.08. The Labute approximate surface area is 151 Å². The highest BCUT2D eigenvalue weighted by Crippen LogP contribution is 2.22. The van der Waals surface area contributed by atoms with Gasteiger partial charge in [-0.15, -0.1) is 0 Å². The van der Waals surface area contributed by atoms with E-state index in [0.717, 1.165) is 0 Å². The van der Waals surface area contributed by atoms with Crippen molar-refractivity contribution in [2.24, 2.45) is 0 Å². The highest BCUT2D eigenvalue weighted by Gasteiger charge is 2.22. The van der Waals surface area contributed by atoms with Crippen molar-refractivity contribution < 1.29 is 18.0 Å². The standard InChI is InChI=1S/C19H11F3N4O/c1-10-23-6-7-26(10)16-9-24-14-5-2-11(8-15(14)25-16)19(27)17-12(20)3-4-13(21)18(17)22/h2-9H,1H3. The van der Waals surface area contributed by atoms with Gasteiger partial charge in [-0.1, -0.05) is 0 Å². The van der Waals surface area contributed by atoms with Crippen LogP contribution < -0.4 is 0 Å². The smallest absolute Gasteiger partial charge is 0.199 e. The van der Waals surface area contributed by atoms with Gasteiger partial charge in [-0.3, -0.25) is 14.3 Å². The first-order chi connectivity index (χ1) is 13.0. The van der Waals surface area contributed by atoms with E-state index in [1.807, 2.05) is 0 Å². The number of carbonyl (C=O) groups is 1. The second kappa shape index (κ2) is 6.31. The van der Waals surface area contributed by atoms with E-state index >= 15 is 0 Å². The second-order valence-electron chi connectivity index (χ2n) is 5.82. The predicted octanol–water partition coefficient (Wildman–Crippen LogP) is 3.77. The van der Waals surface area contributed by atoms with Crippen molar-refractivity contribution in [1.29, 1.82) is 0 Å². The monoisotopic (exact) mass is 368 g/mol. The highest BCUT2D eigenvalue weighted by atomic mass is 19.2. The third-order valence-corrected chi connectivity index (χ3v) is 4.14. The number of ketones is 1. The molecule has 0 spiro atoms. The molecule has 5 nitrogen and oxygen atoms in total. The Morgan fingerprint density at radius 2 is 1.78 bits per heavy atom. The van der Waals surface area contributed by atoms with Gasteiger partial charge in [0.1, 0.15) is 11.6 Å². The number of hydrogen-bond acceptors (Lipinski definition) is 4. The summed E-state index contributed by atoms with van der Waals surface area (Å²) in [6.45, 7) is 1.79. The molecule has 0 unspecified atom stereocenters. The van der Waals surface area contributed by atoms with Crippen LogP contribution in [-0.2, 0) is 0 Å². The van der Waals surface area contributed by atoms with Crippen molar-refractivity contribution in [3.63, 3.8) is 0 Å². The molecule has 0 saturated heterocycles. The van der Waals surface area contributed by atoms with Gasteiger partial charge in [-0.2, -0.15) is 0 Å². The Morgan fingerprint density at radius 1 is 1.00 bits per heavy atom. The van der Waals surface area contributed by atoms with E-state index in [1.165, 1.54) is 18.2 Å². The molecule has 0 radical (unpaired) electrons. The molecule has 0 fully saturated rings. The zero-order chi connectivity index (χ0) is 19.1. The summed E-state index contributed by atoms with van der Waals surface area (Å²) in [5.74, 6) is -3.75. The van der Waals surface area contributed by atoms with Crippen LogP contribution in [0.25, 0.3) is 16.9 Å². The number of imidazole rings is 1. The lowest BCUT2D eigenvalue weighted by molar-refractivity contribution is 0.103. The quantitative estimate of drug-likeness (QED) is 0.408. The van der Waals surface area contributed by atoms with Crippen molar-refractivity contribution in [2.45, 2.75) is 6.92 Å². The second-order valence-corrected chi connectivity index (χ2v) is 5.82. The first-order valence-electron chi connectivity index (χ1n) is 7.91. The summed E-state index contributed by atoms with van der Waals surface area (Å²) in [5, 5.41) is 0. The molecular weight excluding hydrogens is 357 g/mol. The van der Waals surface area contributed by atoms with E-state index in [2.05, 4.69) is 15.0 Å². The van der Waals surface area contributed by atoms with E-state index < -0.39 is 28.8 Å². The van der Waals surface area contributed by atoms with Gasteiger partial charge in [0.05, 0.1) is 22.8 Å². The van der Waals surface area contributed by atoms with Crippen LogP contribution in [0.5, 0.6) is 0 Å². The molecule has 2 aromatic carbocycles. The number of rotatable bonds is 3. The predicted molar refractivity (Wildman–Crippen MR) is 91.1 cm³/mol. The Bertz CT molecular complexity index is 1200. The minimum absolute atomic E-state index is 0.0281. The third kappa shape index (κ3) is 2.84. The number of aromatic nitrogens is 4. The summed E-state index contributed by atoms with van der Waals surface area (Å²) in [5.41, 5.74) is -0.124. The number of fused-ring (bicyclic) bond motifs is 1. The maximum Gasteiger partial charge on any atom is 0.199 e. The van der Waals surface area contributed by atoms with Crippen LogP contribution in [0.1, 0.15) is 21.7 Å². The van der Waals surface area contributed by atoms with Gasteiger partial charge in [0.25, 0.3) is 0 Å². The minimum atomic E-state index is -1.52. The van der Waals surface area contributed by atoms with Crippen LogP contribution in [0.15, 0.2) is 48.9 Å². The Balaban J connectivity index is 1.83. The highest BCUT2D eigenvalue weighted by molar-refractivity contribution is 6.10. The Hall–Kier alpha value is -3.55. The molecule has 0 aliphatic carbocycles. The van der Waals surface area contributed by atoms with Gasteiger partial charge < -0.3 is 0 Å². The largest absolute Gasteiger partial charge is 0.288 e. The molecule has 0 N–H and O–H groups in total. The van der Waals surface area contributed by atoms with E-state index in [4.69, 9.17) is 0 Å². The van der Waals surface area contributed by atoms with E-state index in [1.54, 1.807) is 30.1 Å². The molecule has 134 valence electrons. The number of hydrogen-bond donors (Lipinski definition) is 0. The number of benzene rings is 2. The number of halogens is 3. The van der Waals surface area contributed by atoms with E-state index in [-0.39, 0.29) is 5.56 Å². The summed E-state index contributed by atoms with van der Waals surface area (Å²) in [6.07, 6.45) is 4.86. The van der Waals surface area contributed by atoms with Gasteiger partial charge in [0.15, 0.2) is 23.2 Å². The van der Waals surface area contributed by atoms with Crippen LogP contribution in [0, 0.1) is 24.4 Å². The number of nitrogens with zero attached hydrogens (tertiary/aromatic N) is 4. The molecule has 8 heteroatoms. The van der Waals surface area contributed by atoms with Crippen LogP contribution in [-0.4, -0.2) is 25.3 Å². The molecule has 0 bridgehead atoms. The summed E-state index contributed by atoms with van der Waals surface area (Å²) < 4.78 is 43.0. The molecule has 27 heavy (non-hydrogen) atoms. The van der Waals surface area contributed by atoms with Crippen LogP contribution in [0.3, 0.4) is 0 Å². The maximum atomic E-state index is 13.9. The fourth-order valence-corrected chi connectivity index (χ4v) is 2.76. The molecule has 0 aliphatic heterocycles. The molecule has 0 aliphatic rings.